The lowest BCUT2D eigenvalue weighted by Crippen LogP contribution is -2.55. The number of amides is 1. The van der Waals surface area contributed by atoms with Crippen LogP contribution in [0.4, 0.5) is 4.39 Å². The summed E-state index contributed by atoms with van der Waals surface area (Å²) in [5, 5.41) is 3.04. The van der Waals surface area contributed by atoms with Crippen molar-refractivity contribution in [2.45, 2.75) is 56.5 Å². The van der Waals surface area contributed by atoms with Gasteiger partial charge >= 0.3 is 0 Å². The van der Waals surface area contributed by atoms with E-state index in [0.717, 1.165) is 49.7 Å². The number of carbonyl (C=O) groups is 1. The third-order valence-corrected chi connectivity index (χ3v) is 4.72. The van der Waals surface area contributed by atoms with Crippen molar-refractivity contribution < 1.29 is 9.18 Å². The second-order valence-electron chi connectivity index (χ2n) is 6.09. The smallest absolute Gasteiger partial charge is 0.240 e. The minimum Gasteiger partial charge on any atom is -0.348 e. The molecule has 0 aliphatic heterocycles. The van der Waals surface area contributed by atoms with Gasteiger partial charge in [0.1, 0.15) is 5.82 Å². The maximum Gasteiger partial charge on any atom is 0.240 e. The molecule has 0 radical (unpaired) electrons. The second-order valence-corrected chi connectivity index (χ2v) is 6.09. The lowest BCUT2D eigenvalue weighted by Gasteiger charge is -2.33. The molecular weight excluding hydrogens is 291 g/mol. The molecular formula is C16H22ClFN2O. The first-order chi connectivity index (χ1) is 9.60. The van der Waals surface area contributed by atoms with Crippen LogP contribution in [0, 0.1) is 5.82 Å². The number of rotatable bonds is 2. The van der Waals surface area contributed by atoms with Crippen LogP contribution in [0.15, 0.2) is 18.2 Å². The highest BCUT2D eigenvalue weighted by atomic mass is 35.5. The predicted molar refractivity (Wildman–Crippen MR) is 82.9 cm³/mol. The van der Waals surface area contributed by atoms with E-state index in [1.165, 1.54) is 6.07 Å². The van der Waals surface area contributed by atoms with Gasteiger partial charge in [-0.25, -0.2) is 4.39 Å². The average molecular weight is 313 g/mol. The molecule has 116 valence electrons. The number of fused-ring (bicyclic) bond motifs is 1. The van der Waals surface area contributed by atoms with Crippen LogP contribution in [0.25, 0.3) is 0 Å². The zero-order chi connectivity index (χ0) is 14.2. The number of hydrogen-bond donors (Lipinski definition) is 2. The monoisotopic (exact) mass is 312 g/mol. The highest BCUT2D eigenvalue weighted by molar-refractivity contribution is 5.86. The Morgan fingerprint density at radius 1 is 1.29 bits per heavy atom. The highest BCUT2D eigenvalue weighted by Crippen LogP contribution is 2.34. The van der Waals surface area contributed by atoms with Crippen LogP contribution in [0.3, 0.4) is 0 Å². The van der Waals surface area contributed by atoms with Crippen molar-refractivity contribution in [3.8, 4) is 0 Å². The quantitative estimate of drug-likeness (QED) is 0.882. The Balaban J connectivity index is 0.00000161. The van der Waals surface area contributed by atoms with Gasteiger partial charge in [-0.1, -0.05) is 31.4 Å². The predicted octanol–water partition coefficient (Wildman–Crippen LogP) is 3.01. The molecule has 2 aliphatic carbocycles. The topological polar surface area (TPSA) is 55.1 Å². The molecule has 1 aromatic carbocycles. The number of benzene rings is 1. The van der Waals surface area contributed by atoms with Crippen LogP contribution in [0.1, 0.15) is 55.7 Å². The van der Waals surface area contributed by atoms with Gasteiger partial charge in [0.25, 0.3) is 0 Å². The van der Waals surface area contributed by atoms with Gasteiger partial charge in [-0.15, -0.1) is 12.4 Å². The first-order valence-electron chi connectivity index (χ1n) is 7.47. The van der Waals surface area contributed by atoms with E-state index in [1.54, 1.807) is 6.07 Å². The van der Waals surface area contributed by atoms with Gasteiger partial charge in [-0.2, -0.15) is 0 Å². The fourth-order valence-electron chi connectivity index (χ4n) is 3.47. The number of nitrogens with one attached hydrogen (secondary N) is 1. The van der Waals surface area contributed by atoms with E-state index in [9.17, 15) is 9.18 Å². The minimum atomic E-state index is -0.728. The van der Waals surface area contributed by atoms with E-state index in [1.807, 2.05) is 6.07 Å². The number of hydrogen-bond acceptors (Lipinski definition) is 2. The SMILES string of the molecule is Cl.NC1(C(=O)NC2CCc3c(F)cccc32)CCCCC1. The van der Waals surface area contributed by atoms with Gasteiger partial charge in [-0.05, 0) is 42.9 Å². The van der Waals surface area contributed by atoms with Gasteiger partial charge in [0.15, 0.2) is 0 Å². The molecule has 3 rings (SSSR count). The lowest BCUT2D eigenvalue weighted by molar-refractivity contribution is -0.128. The lowest BCUT2D eigenvalue weighted by atomic mass is 9.81. The largest absolute Gasteiger partial charge is 0.348 e. The van der Waals surface area contributed by atoms with Gasteiger partial charge in [0.2, 0.25) is 5.91 Å². The molecule has 21 heavy (non-hydrogen) atoms. The van der Waals surface area contributed by atoms with Gasteiger partial charge in [-0.3, -0.25) is 4.79 Å². The number of halogens is 2. The van der Waals surface area contributed by atoms with Crippen molar-refractivity contribution >= 4 is 18.3 Å². The zero-order valence-electron chi connectivity index (χ0n) is 12.0. The molecule has 0 saturated heterocycles. The van der Waals surface area contributed by atoms with Crippen LogP contribution >= 0.6 is 12.4 Å². The van der Waals surface area contributed by atoms with E-state index < -0.39 is 5.54 Å². The van der Waals surface area contributed by atoms with Gasteiger partial charge in [0.05, 0.1) is 11.6 Å². The molecule has 0 heterocycles. The molecule has 0 spiro atoms. The Morgan fingerprint density at radius 2 is 2.00 bits per heavy atom. The van der Waals surface area contributed by atoms with E-state index in [0.29, 0.717) is 6.42 Å². The summed E-state index contributed by atoms with van der Waals surface area (Å²) in [6, 6.07) is 5.00. The van der Waals surface area contributed by atoms with Crippen molar-refractivity contribution in [3.63, 3.8) is 0 Å². The van der Waals surface area contributed by atoms with E-state index >= 15 is 0 Å². The number of carbonyl (C=O) groups excluding carboxylic acids is 1. The maximum absolute atomic E-state index is 13.7. The highest BCUT2D eigenvalue weighted by Gasteiger charge is 2.37. The molecule has 0 aromatic heterocycles. The standard InChI is InChI=1S/C16H21FN2O.ClH/c17-13-6-4-5-12-11(13)7-8-14(12)19-15(20)16(18)9-2-1-3-10-16;/h4-6,14H,1-3,7-10,18H2,(H,19,20);1H. The molecule has 1 amide bonds. The van der Waals surface area contributed by atoms with E-state index in [2.05, 4.69) is 5.32 Å². The molecule has 3 nitrogen and oxygen atoms in total. The summed E-state index contributed by atoms with van der Waals surface area (Å²) in [6.07, 6.45) is 6.13. The van der Waals surface area contributed by atoms with Crippen molar-refractivity contribution in [1.29, 1.82) is 0 Å². The van der Waals surface area contributed by atoms with E-state index in [-0.39, 0.29) is 30.2 Å². The average Bonchev–Trinajstić information content (AvgIpc) is 2.84. The summed E-state index contributed by atoms with van der Waals surface area (Å²) in [4.78, 5) is 12.4. The molecule has 0 bridgehead atoms. The van der Waals surface area contributed by atoms with Crippen molar-refractivity contribution in [2.75, 3.05) is 0 Å². The fraction of sp³-hybridized carbons (Fsp3) is 0.562. The minimum absolute atomic E-state index is 0. The first kappa shape index (κ1) is 16.2. The molecule has 1 aromatic rings. The van der Waals surface area contributed by atoms with Crippen LogP contribution < -0.4 is 11.1 Å². The second kappa shape index (κ2) is 6.32. The molecule has 1 fully saturated rings. The molecule has 1 atom stereocenters. The normalized spacial score (nSPS) is 23.0. The van der Waals surface area contributed by atoms with E-state index in [4.69, 9.17) is 5.73 Å². The van der Waals surface area contributed by atoms with Crippen molar-refractivity contribution in [2.24, 2.45) is 5.73 Å². The third kappa shape index (κ3) is 3.06. The molecule has 3 N–H and O–H groups in total. The maximum atomic E-state index is 13.7. The summed E-state index contributed by atoms with van der Waals surface area (Å²) in [6.45, 7) is 0. The Bertz CT molecular complexity index is 529. The zero-order valence-corrected chi connectivity index (χ0v) is 12.8. The molecule has 2 aliphatic rings. The Morgan fingerprint density at radius 3 is 2.71 bits per heavy atom. The Labute approximate surface area is 130 Å². The first-order valence-corrected chi connectivity index (χ1v) is 7.47. The summed E-state index contributed by atoms with van der Waals surface area (Å²) >= 11 is 0. The van der Waals surface area contributed by atoms with Gasteiger partial charge < -0.3 is 11.1 Å². The molecule has 5 heteroatoms. The molecule has 1 unspecified atom stereocenters. The molecule has 1 saturated carbocycles. The van der Waals surface area contributed by atoms with Crippen LogP contribution in [-0.2, 0) is 11.2 Å². The fourth-order valence-corrected chi connectivity index (χ4v) is 3.47. The summed E-state index contributed by atoms with van der Waals surface area (Å²) < 4.78 is 13.7. The van der Waals surface area contributed by atoms with Crippen LogP contribution in [0.5, 0.6) is 0 Å². The Kier molecular flexibility index (Phi) is 4.89. The summed E-state index contributed by atoms with van der Waals surface area (Å²) in [7, 11) is 0. The van der Waals surface area contributed by atoms with Gasteiger partial charge in [0, 0.05) is 0 Å². The third-order valence-electron chi connectivity index (χ3n) is 4.72. The van der Waals surface area contributed by atoms with Crippen LogP contribution in [0.2, 0.25) is 0 Å². The Hall–Kier alpha value is -1.13. The van der Waals surface area contributed by atoms with Crippen molar-refractivity contribution in [3.05, 3.63) is 35.1 Å². The van der Waals surface area contributed by atoms with Crippen LogP contribution in [-0.4, -0.2) is 11.4 Å². The number of nitrogens with two attached hydrogens (primary N) is 1. The summed E-state index contributed by atoms with van der Waals surface area (Å²) in [5.41, 5.74) is 7.17. The summed E-state index contributed by atoms with van der Waals surface area (Å²) in [5.74, 6) is -0.237. The van der Waals surface area contributed by atoms with Crippen molar-refractivity contribution in [1.82, 2.24) is 5.32 Å².